The molecular weight excluding hydrogens is 278 g/mol. The van der Waals surface area contributed by atoms with Gasteiger partial charge >= 0.3 is 0 Å². The molecule has 0 atom stereocenters. The highest BCUT2D eigenvalue weighted by Gasteiger charge is 2.32. The molecule has 1 aliphatic carbocycles. The van der Waals surface area contributed by atoms with Gasteiger partial charge in [0.2, 0.25) is 0 Å². The van der Waals surface area contributed by atoms with Gasteiger partial charge in [0.05, 0.1) is 15.9 Å². The van der Waals surface area contributed by atoms with E-state index in [9.17, 15) is 0 Å². The topological polar surface area (TPSA) is 43.8 Å². The minimum atomic E-state index is 0.000481. The minimum Gasteiger partial charge on any atom is -0.325 e. The van der Waals surface area contributed by atoms with E-state index < -0.39 is 0 Å². The van der Waals surface area contributed by atoms with E-state index in [0.717, 1.165) is 37.9 Å². The molecule has 2 rings (SSSR count). The van der Waals surface area contributed by atoms with Gasteiger partial charge in [-0.2, -0.15) is 5.10 Å². The Labute approximate surface area is 112 Å². The summed E-state index contributed by atoms with van der Waals surface area (Å²) in [4.78, 5) is 0. The molecule has 0 aliphatic heterocycles. The molecule has 96 valence electrons. The maximum Gasteiger partial charge on any atom is 0.0766 e. The first-order chi connectivity index (χ1) is 8.09. The summed E-state index contributed by atoms with van der Waals surface area (Å²) >= 11 is 3.70. The van der Waals surface area contributed by atoms with Crippen molar-refractivity contribution in [3.63, 3.8) is 0 Å². The first-order valence-corrected chi connectivity index (χ1v) is 7.42. The second-order valence-electron chi connectivity index (χ2n) is 5.12. The lowest BCUT2D eigenvalue weighted by molar-refractivity contribution is 0.418. The normalized spacial score (nSPS) is 18.8. The maximum absolute atomic E-state index is 6.47. The molecule has 3 nitrogen and oxygen atoms in total. The molecule has 0 amide bonds. The average molecular weight is 300 g/mol. The summed E-state index contributed by atoms with van der Waals surface area (Å²) < 4.78 is 3.29. The van der Waals surface area contributed by atoms with Crippen molar-refractivity contribution in [2.75, 3.05) is 0 Å². The SMILES string of the molecule is CCc1nn(CC)c(CC2(N)CCCC2)c1Br. The van der Waals surface area contributed by atoms with Crippen LogP contribution in [0.4, 0.5) is 0 Å². The van der Waals surface area contributed by atoms with Crippen LogP contribution >= 0.6 is 15.9 Å². The first kappa shape index (κ1) is 13.1. The van der Waals surface area contributed by atoms with Crippen molar-refractivity contribution in [1.82, 2.24) is 9.78 Å². The molecule has 1 aromatic heterocycles. The van der Waals surface area contributed by atoms with Gasteiger partial charge in [0, 0.05) is 18.5 Å². The predicted molar refractivity (Wildman–Crippen MR) is 74.1 cm³/mol. The molecule has 0 aromatic carbocycles. The van der Waals surface area contributed by atoms with Crippen LogP contribution in [-0.2, 0) is 19.4 Å². The third-order valence-electron chi connectivity index (χ3n) is 3.81. The van der Waals surface area contributed by atoms with Gasteiger partial charge in [0.15, 0.2) is 0 Å². The van der Waals surface area contributed by atoms with Crippen LogP contribution in [0.1, 0.15) is 50.9 Å². The van der Waals surface area contributed by atoms with Gasteiger partial charge in [-0.3, -0.25) is 4.68 Å². The van der Waals surface area contributed by atoms with Crippen molar-refractivity contribution >= 4 is 15.9 Å². The van der Waals surface area contributed by atoms with Crippen molar-refractivity contribution < 1.29 is 0 Å². The molecule has 0 spiro atoms. The number of rotatable bonds is 4. The van der Waals surface area contributed by atoms with Gasteiger partial charge < -0.3 is 5.73 Å². The number of nitrogens with zero attached hydrogens (tertiary/aromatic N) is 2. The van der Waals surface area contributed by atoms with Gasteiger partial charge in [0.1, 0.15) is 0 Å². The fourth-order valence-electron chi connectivity index (χ4n) is 2.78. The van der Waals surface area contributed by atoms with Gasteiger partial charge in [-0.05, 0) is 42.1 Å². The molecule has 1 fully saturated rings. The van der Waals surface area contributed by atoms with E-state index in [1.807, 2.05) is 0 Å². The van der Waals surface area contributed by atoms with Crippen LogP contribution < -0.4 is 5.73 Å². The van der Waals surface area contributed by atoms with Crippen molar-refractivity contribution in [3.05, 3.63) is 15.9 Å². The number of halogens is 1. The Morgan fingerprint density at radius 1 is 1.35 bits per heavy atom. The molecular formula is C13H22BrN3. The quantitative estimate of drug-likeness (QED) is 0.929. The predicted octanol–water partition coefficient (Wildman–Crippen LogP) is 3.04. The zero-order valence-corrected chi connectivity index (χ0v) is 12.4. The zero-order chi connectivity index (χ0) is 12.5. The number of nitrogens with two attached hydrogens (primary N) is 1. The summed E-state index contributed by atoms with van der Waals surface area (Å²) in [5.41, 5.74) is 8.91. The second-order valence-corrected chi connectivity index (χ2v) is 5.92. The van der Waals surface area contributed by atoms with E-state index in [-0.39, 0.29) is 5.54 Å². The third-order valence-corrected chi connectivity index (χ3v) is 4.73. The molecule has 0 unspecified atom stereocenters. The molecule has 1 heterocycles. The molecule has 4 heteroatoms. The highest BCUT2D eigenvalue weighted by molar-refractivity contribution is 9.10. The van der Waals surface area contributed by atoms with E-state index in [2.05, 4.69) is 39.6 Å². The van der Waals surface area contributed by atoms with Crippen LogP contribution in [0.5, 0.6) is 0 Å². The second kappa shape index (κ2) is 5.11. The number of hydrogen-bond donors (Lipinski definition) is 1. The number of aromatic nitrogens is 2. The van der Waals surface area contributed by atoms with Gasteiger partial charge in [-0.1, -0.05) is 19.8 Å². The molecule has 17 heavy (non-hydrogen) atoms. The fourth-order valence-corrected chi connectivity index (χ4v) is 3.48. The maximum atomic E-state index is 6.47. The lowest BCUT2D eigenvalue weighted by Gasteiger charge is -2.24. The van der Waals surface area contributed by atoms with Crippen LogP contribution in [0.15, 0.2) is 4.47 Å². The summed E-state index contributed by atoms with van der Waals surface area (Å²) in [5.74, 6) is 0. The Balaban J connectivity index is 2.27. The van der Waals surface area contributed by atoms with Crippen LogP contribution in [0.2, 0.25) is 0 Å². The largest absolute Gasteiger partial charge is 0.325 e. The molecule has 1 saturated carbocycles. The molecule has 0 bridgehead atoms. The molecule has 1 aromatic rings. The summed E-state index contributed by atoms with van der Waals surface area (Å²) in [6, 6.07) is 0. The van der Waals surface area contributed by atoms with Gasteiger partial charge in [0.25, 0.3) is 0 Å². The van der Waals surface area contributed by atoms with Gasteiger partial charge in [-0.15, -0.1) is 0 Å². The Kier molecular flexibility index (Phi) is 3.93. The van der Waals surface area contributed by atoms with Crippen LogP contribution in [0.25, 0.3) is 0 Å². The smallest absolute Gasteiger partial charge is 0.0766 e. The standard InChI is InChI=1S/C13H22BrN3/c1-3-10-12(14)11(17(4-2)16-10)9-13(15)7-5-6-8-13/h3-9,15H2,1-2H3. The van der Waals surface area contributed by atoms with Crippen LogP contribution in [0, 0.1) is 0 Å². The Bertz CT molecular complexity index is 392. The van der Waals surface area contributed by atoms with E-state index in [1.54, 1.807) is 0 Å². The fraction of sp³-hybridized carbons (Fsp3) is 0.769. The molecule has 1 aliphatic rings. The first-order valence-electron chi connectivity index (χ1n) is 6.62. The van der Waals surface area contributed by atoms with E-state index in [4.69, 9.17) is 5.73 Å². The summed E-state index contributed by atoms with van der Waals surface area (Å²) in [7, 11) is 0. The van der Waals surface area contributed by atoms with Crippen molar-refractivity contribution in [3.8, 4) is 0 Å². The minimum absolute atomic E-state index is 0.000481. The summed E-state index contributed by atoms with van der Waals surface area (Å²) in [5, 5.41) is 4.63. The van der Waals surface area contributed by atoms with Crippen molar-refractivity contribution in [2.24, 2.45) is 5.73 Å². The van der Waals surface area contributed by atoms with Crippen LogP contribution in [-0.4, -0.2) is 15.3 Å². The Morgan fingerprint density at radius 2 is 2.00 bits per heavy atom. The third kappa shape index (κ3) is 2.58. The summed E-state index contributed by atoms with van der Waals surface area (Å²) in [6.07, 6.45) is 6.77. The Morgan fingerprint density at radius 3 is 2.53 bits per heavy atom. The van der Waals surface area contributed by atoms with Crippen molar-refractivity contribution in [1.29, 1.82) is 0 Å². The lowest BCUT2D eigenvalue weighted by Crippen LogP contribution is -2.39. The Hall–Kier alpha value is -0.350. The van der Waals surface area contributed by atoms with E-state index in [1.165, 1.54) is 23.0 Å². The average Bonchev–Trinajstić information content (AvgIpc) is 2.86. The van der Waals surface area contributed by atoms with Gasteiger partial charge in [-0.25, -0.2) is 0 Å². The van der Waals surface area contributed by atoms with E-state index >= 15 is 0 Å². The van der Waals surface area contributed by atoms with Crippen LogP contribution in [0.3, 0.4) is 0 Å². The highest BCUT2D eigenvalue weighted by atomic mass is 79.9. The molecule has 0 saturated heterocycles. The van der Waals surface area contributed by atoms with Crippen molar-refractivity contribution in [2.45, 2.75) is 64.5 Å². The lowest BCUT2D eigenvalue weighted by atomic mass is 9.93. The highest BCUT2D eigenvalue weighted by Crippen LogP contribution is 2.33. The number of aryl methyl sites for hydroxylation is 2. The molecule has 0 radical (unpaired) electrons. The monoisotopic (exact) mass is 299 g/mol. The summed E-state index contributed by atoms with van der Waals surface area (Å²) in [6.45, 7) is 5.20. The van der Waals surface area contributed by atoms with E-state index in [0.29, 0.717) is 0 Å². The zero-order valence-electron chi connectivity index (χ0n) is 10.8. The number of hydrogen-bond acceptors (Lipinski definition) is 2. The molecule has 2 N–H and O–H groups in total.